The molecule has 1 aliphatic heterocycles. The Morgan fingerprint density at radius 3 is 2.63 bits per heavy atom. The summed E-state index contributed by atoms with van der Waals surface area (Å²) < 4.78 is 25.6. The van der Waals surface area contributed by atoms with Gasteiger partial charge in [0.15, 0.2) is 0 Å². The number of anilines is 1. The summed E-state index contributed by atoms with van der Waals surface area (Å²) in [5.41, 5.74) is 0.847. The fraction of sp³-hybridized carbons (Fsp3) is 0.579. The van der Waals surface area contributed by atoms with Gasteiger partial charge in [-0.15, -0.1) is 0 Å². The molecule has 2 N–H and O–H groups in total. The minimum absolute atomic E-state index is 0.0280. The summed E-state index contributed by atoms with van der Waals surface area (Å²) in [4.78, 5) is 25.1. The number of amides is 2. The van der Waals surface area contributed by atoms with Crippen LogP contribution in [-0.2, 0) is 14.8 Å². The first-order chi connectivity index (χ1) is 12.7. The molecule has 2 rings (SSSR count). The zero-order valence-electron chi connectivity index (χ0n) is 16.2. The highest BCUT2D eigenvalue weighted by molar-refractivity contribution is 7.89. The number of hydrogen-bond donors (Lipinski definition) is 2. The number of carbonyl (C=O) groups excluding carboxylic acids is 2. The van der Waals surface area contributed by atoms with Crippen LogP contribution < -0.4 is 10.6 Å². The maximum Gasteiger partial charge on any atom is 0.253 e. The number of nitrogens with one attached hydrogen (secondary N) is 2. The van der Waals surface area contributed by atoms with Crippen molar-refractivity contribution in [3.63, 3.8) is 0 Å². The minimum Gasteiger partial charge on any atom is -0.352 e. The van der Waals surface area contributed by atoms with E-state index in [0.717, 1.165) is 0 Å². The Balaban J connectivity index is 2.08. The fourth-order valence-corrected chi connectivity index (χ4v) is 4.19. The van der Waals surface area contributed by atoms with E-state index in [1.165, 1.54) is 4.31 Å². The standard InChI is InChI=1S/C19H29N3O4S/c1-4-27(25,26)22-11-7-8-15(13-22)18(23)21-17-10-6-5-9-16(17)19(24)20-12-14(2)3/h5-6,9-10,14-15H,4,7-8,11-13H2,1-3H3,(H,20,24)(H,21,23). The molecule has 1 saturated heterocycles. The van der Waals surface area contributed by atoms with Gasteiger partial charge in [-0.2, -0.15) is 0 Å². The Bertz CT molecular complexity index is 777. The summed E-state index contributed by atoms with van der Waals surface area (Å²) in [6.45, 7) is 6.80. The highest BCUT2D eigenvalue weighted by Crippen LogP contribution is 2.22. The highest BCUT2D eigenvalue weighted by atomic mass is 32.2. The van der Waals surface area contributed by atoms with Gasteiger partial charge in [-0.25, -0.2) is 12.7 Å². The molecule has 1 aromatic carbocycles. The Kier molecular flexibility index (Phi) is 7.38. The molecular weight excluding hydrogens is 366 g/mol. The largest absolute Gasteiger partial charge is 0.352 e. The third kappa shape index (κ3) is 5.77. The average Bonchev–Trinajstić information content (AvgIpc) is 2.66. The van der Waals surface area contributed by atoms with Gasteiger partial charge in [-0.1, -0.05) is 26.0 Å². The van der Waals surface area contributed by atoms with Gasteiger partial charge in [0.25, 0.3) is 5.91 Å². The molecule has 0 aliphatic carbocycles. The molecule has 2 amide bonds. The van der Waals surface area contributed by atoms with Crippen LogP contribution in [0, 0.1) is 11.8 Å². The maximum atomic E-state index is 12.7. The van der Waals surface area contributed by atoms with Crippen molar-refractivity contribution in [2.75, 3.05) is 30.7 Å². The molecule has 0 bridgehead atoms. The normalized spacial score (nSPS) is 18.3. The monoisotopic (exact) mass is 395 g/mol. The van der Waals surface area contributed by atoms with Crippen LogP contribution >= 0.6 is 0 Å². The molecule has 7 nitrogen and oxygen atoms in total. The van der Waals surface area contributed by atoms with Crippen LogP contribution in [0.4, 0.5) is 5.69 Å². The number of benzene rings is 1. The van der Waals surface area contributed by atoms with Crippen molar-refractivity contribution in [2.24, 2.45) is 11.8 Å². The fourth-order valence-electron chi connectivity index (χ4n) is 3.01. The van der Waals surface area contributed by atoms with Crippen LogP contribution in [-0.4, -0.2) is 49.9 Å². The van der Waals surface area contributed by atoms with Gasteiger partial charge in [0, 0.05) is 19.6 Å². The van der Waals surface area contributed by atoms with Gasteiger partial charge in [-0.05, 0) is 37.8 Å². The van der Waals surface area contributed by atoms with E-state index >= 15 is 0 Å². The quantitative estimate of drug-likeness (QED) is 0.739. The molecule has 0 radical (unpaired) electrons. The summed E-state index contributed by atoms with van der Waals surface area (Å²) in [6.07, 6.45) is 1.27. The van der Waals surface area contributed by atoms with Crippen LogP contribution in [0.5, 0.6) is 0 Å². The third-order valence-corrected chi connectivity index (χ3v) is 6.46. The number of sulfonamides is 1. The van der Waals surface area contributed by atoms with Crippen molar-refractivity contribution in [3.8, 4) is 0 Å². The predicted octanol–water partition coefficient (Wildman–Crippen LogP) is 2.07. The molecule has 0 spiro atoms. The number of nitrogens with zero attached hydrogens (tertiary/aromatic N) is 1. The maximum absolute atomic E-state index is 12.7. The van der Waals surface area contributed by atoms with Gasteiger partial charge in [0.05, 0.1) is 22.9 Å². The lowest BCUT2D eigenvalue weighted by molar-refractivity contribution is -0.120. The van der Waals surface area contributed by atoms with Crippen LogP contribution in [0.3, 0.4) is 0 Å². The lowest BCUT2D eigenvalue weighted by Gasteiger charge is -2.31. The summed E-state index contributed by atoms with van der Waals surface area (Å²) in [5, 5.41) is 5.67. The summed E-state index contributed by atoms with van der Waals surface area (Å²) in [7, 11) is -3.31. The van der Waals surface area contributed by atoms with E-state index < -0.39 is 15.9 Å². The lowest BCUT2D eigenvalue weighted by Crippen LogP contribution is -2.44. The number of para-hydroxylation sites is 1. The summed E-state index contributed by atoms with van der Waals surface area (Å²) in [6, 6.07) is 6.85. The molecule has 8 heteroatoms. The van der Waals surface area contributed by atoms with E-state index in [-0.39, 0.29) is 24.1 Å². The molecule has 0 saturated carbocycles. The second kappa shape index (κ2) is 9.32. The molecule has 0 aromatic heterocycles. The average molecular weight is 396 g/mol. The van der Waals surface area contributed by atoms with Crippen molar-refractivity contribution in [3.05, 3.63) is 29.8 Å². The van der Waals surface area contributed by atoms with Crippen LogP contribution in [0.25, 0.3) is 0 Å². The topological polar surface area (TPSA) is 95.6 Å². The van der Waals surface area contributed by atoms with Crippen LogP contribution in [0.1, 0.15) is 44.0 Å². The van der Waals surface area contributed by atoms with E-state index in [0.29, 0.717) is 43.1 Å². The molecule has 1 aliphatic rings. The van der Waals surface area contributed by atoms with E-state index in [1.807, 2.05) is 13.8 Å². The van der Waals surface area contributed by atoms with Gasteiger partial charge in [-0.3, -0.25) is 9.59 Å². The SMILES string of the molecule is CCS(=O)(=O)N1CCCC(C(=O)Nc2ccccc2C(=O)NCC(C)C)C1. The molecule has 1 unspecified atom stereocenters. The molecule has 1 heterocycles. The molecule has 27 heavy (non-hydrogen) atoms. The van der Waals surface area contributed by atoms with Crippen LogP contribution in [0.15, 0.2) is 24.3 Å². The van der Waals surface area contributed by atoms with Gasteiger partial charge in [0.2, 0.25) is 15.9 Å². The Morgan fingerprint density at radius 1 is 1.26 bits per heavy atom. The zero-order chi connectivity index (χ0) is 20.0. The zero-order valence-corrected chi connectivity index (χ0v) is 17.0. The molecule has 150 valence electrons. The van der Waals surface area contributed by atoms with Crippen molar-refractivity contribution >= 4 is 27.5 Å². The summed E-state index contributed by atoms with van der Waals surface area (Å²) in [5.74, 6) is -0.565. The van der Waals surface area contributed by atoms with Crippen molar-refractivity contribution in [1.82, 2.24) is 9.62 Å². The highest BCUT2D eigenvalue weighted by Gasteiger charge is 2.31. The Morgan fingerprint density at radius 2 is 1.96 bits per heavy atom. The van der Waals surface area contributed by atoms with E-state index in [9.17, 15) is 18.0 Å². The second-order valence-corrected chi connectivity index (χ2v) is 9.49. The smallest absolute Gasteiger partial charge is 0.253 e. The first-order valence-corrected chi connectivity index (χ1v) is 11.0. The minimum atomic E-state index is -3.31. The van der Waals surface area contributed by atoms with Gasteiger partial charge in [0.1, 0.15) is 0 Å². The summed E-state index contributed by atoms with van der Waals surface area (Å²) >= 11 is 0. The van der Waals surface area contributed by atoms with E-state index in [1.54, 1.807) is 31.2 Å². The van der Waals surface area contributed by atoms with Crippen molar-refractivity contribution in [1.29, 1.82) is 0 Å². The first kappa shape index (κ1) is 21.4. The number of piperidine rings is 1. The second-order valence-electron chi connectivity index (χ2n) is 7.24. The Labute approximate surface area is 161 Å². The molecule has 1 fully saturated rings. The van der Waals surface area contributed by atoms with E-state index in [4.69, 9.17) is 0 Å². The number of rotatable bonds is 7. The van der Waals surface area contributed by atoms with E-state index in [2.05, 4.69) is 10.6 Å². The van der Waals surface area contributed by atoms with Crippen molar-refractivity contribution < 1.29 is 18.0 Å². The molecule has 1 aromatic rings. The molecular formula is C19H29N3O4S. The number of carbonyl (C=O) groups is 2. The molecule has 1 atom stereocenters. The Hall–Kier alpha value is -1.93. The lowest BCUT2D eigenvalue weighted by atomic mass is 9.98. The first-order valence-electron chi connectivity index (χ1n) is 9.40. The van der Waals surface area contributed by atoms with Crippen molar-refractivity contribution in [2.45, 2.75) is 33.6 Å². The number of hydrogen-bond acceptors (Lipinski definition) is 4. The van der Waals surface area contributed by atoms with Gasteiger partial charge >= 0.3 is 0 Å². The predicted molar refractivity (Wildman–Crippen MR) is 106 cm³/mol. The third-order valence-electron chi connectivity index (χ3n) is 4.61. The van der Waals surface area contributed by atoms with Crippen LogP contribution in [0.2, 0.25) is 0 Å². The van der Waals surface area contributed by atoms with Gasteiger partial charge < -0.3 is 10.6 Å².